The van der Waals surface area contributed by atoms with Crippen LogP contribution >= 0.6 is 11.3 Å². The lowest BCUT2D eigenvalue weighted by Gasteiger charge is -2.40. The molecule has 0 aromatic carbocycles. The highest BCUT2D eigenvalue weighted by Gasteiger charge is 2.43. The van der Waals surface area contributed by atoms with E-state index in [1.807, 2.05) is 16.8 Å². The molecule has 0 amide bonds. The van der Waals surface area contributed by atoms with Crippen LogP contribution in [0.2, 0.25) is 0 Å². The molecule has 0 atom stereocenters. The quantitative estimate of drug-likeness (QED) is 0.828. The first kappa shape index (κ1) is 8.86. The van der Waals surface area contributed by atoms with Crippen LogP contribution in [0.4, 0.5) is 0 Å². The highest BCUT2D eigenvalue weighted by atomic mass is 32.1. The van der Waals surface area contributed by atoms with Gasteiger partial charge in [-0.2, -0.15) is 0 Å². The van der Waals surface area contributed by atoms with E-state index in [1.165, 1.54) is 42.7 Å². The molecule has 1 aromatic rings. The summed E-state index contributed by atoms with van der Waals surface area (Å²) in [5.74, 6) is 0.778. The molecule has 2 N–H and O–H groups in total. The lowest BCUT2D eigenvalue weighted by molar-refractivity contribution is 0.256. The van der Waals surface area contributed by atoms with Gasteiger partial charge in [0, 0.05) is 22.8 Å². The molecule has 0 bridgehead atoms. The monoisotopic (exact) mass is 208 g/mol. The summed E-state index contributed by atoms with van der Waals surface area (Å²) in [6, 6.07) is 0. The molecular weight excluding hydrogens is 192 g/mol. The Morgan fingerprint density at radius 3 is 2.79 bits per heavy atom. The summed E-state index contributed by atoms with van der Waals surface area (Å²) in [4.78, 5) is 6.06. The van der Waals surface area contributed by atoms with Crippen LogP contribution in [0, 0.1) is 0 Å². The van der Waals surface area contributed by atoms with Crippen molar-refractivity contribution >= 4 is 11.3 Å². The Labute approximate surface area is 88.5 Å². The Bertz CT molecular complexity index is 331. The van der Waals surface area contributed by atoms with E-state index >= 15 is 0 Å². The fourth-order valence-corrected chi connectivity index (χ4v) is 3.58. The van der Waals surface area contributed by atoms with Crippen LogP contribution in [0.3, 0.4) is 0 Å². The number of aromatic nitrogens is 1. The summed E-state index contributed by atoms with van der Waals surface area (Å²) in [7, 11) is 0. The van der Waals surface area contributed by atoms with Crippen LogP contribution in [-0.2, 0) is 5.41 Å². The molecule has 1 aromatic heterocycles. The first-order valence-corrected chi connectivity index (χ1v) is 6.38. The van der Waals surface area contributed by atoms with Gasteiger partial charge in [-0.3, -0.25) is 0 Å². The maximum atomic E-state index is 5.93. The molecule has 14 heavy (non-hydrogen) atoms. The van der Waals surface area contributed by atoms with Gasteiger partial charge < -0.3 is 5.73 Å². The minimum absolute atomic E-state index is 0.332. The SMILES string of the molecule is NCC1(c2scnc2C2CC2)CCC1. The minimum Gasteiger partial charge on any atom is -0.330 e. The van der Waals surface area contributed by atoms with Crippen LogP contribution in [0.15, 0.2) is 5.51 Å². The third kappa shape index (κ3) is 1.15. The predicted molar refractivity (Wildman–Crippen MR) is 58.7 cm³/mol. The maximum Gasteiger partial charge on any atom is 0.0798 e. The van der Waals surface area contributed by atoms with Crippen LogP contribution in [-0.4, -0.2) is 11.5 Å². The van der Waals surface area contributed by atoms with Gasteiger partial charge in [-0.25, -0.2) is 4.98 Å². The molecular formula is C11H16N2S. The highest BCUT2D eigenvalue weighted by molar-refractivity contribution is 7.10. The van der Waals surface area contributed by atoms with E-state index in [0.717, 1.165) is 12.5 Å². The van der Waals surface area contributed by atoms with E-state index < -0.39 is 0 Å². The first-order chi connectivity index (χ1) is 6.86. The second kappa shape index (κ2) is 3.04. The van der Waals surface area contributed by atoms with Crippen molar-refractivity contribution in [2.45, 2.75) is 43.4 Å². The van der Waals surface area contributed by atoms with E-state index in [1.54, 1.807) is 0 Å². The fourth-order valence-electron chi connectivity index (χ4n) is 2.43. The second-order valence-electron chi connectivity index (χ2n) is 4.68. The van der Waals surface area contributed by atoms with Gasteiger partial charge in [-0.05, 0) is 25.7 Å². The summed E-state index contributed by atoms with van der Waals surface area (Å²) in [6.07, 6.45) is 6.60. The maximum absolute atomic E-state index is 5.93. The zero-order valence-corrected chi connectivity index (χ0v) is 9.15. The van der Waals surface area contributed by atoms with Crippen LogP contribution < -0.4 is 5.73 Å². The molecule has 2 fully saturated rings. The molecule has 2 saturated carbocycles. The summed E-state index contributed by atoms with van der Waals surface area (Å²) in [6.45, 7) is 0.814. The van der Waals surface area contributed by atoms with Crippen molar-refractivity contribution in [2.75, 3.05) is 6.54 Å². The van der Waals surface area contributed by atoms with Crippen molar-refractivity contribution in [3.63, 3.8) is 0 Å². The highest BCUT2D eigenvalue weighted by Crippen LogP contribution is 2.51. The van der Waals surface area contributed by atoms with Gasteiger partial charge in [0.15, 0.2) is 0 Å². The van der Waals surface area contributed by atoms with Gasteiger partial charge in [0.1, 0.15) is 0 Å². The van der Waals surface area contributed by atoms with E-state index in [-0.39, 0.29) is 0 Å². The van der Waals surface area contributed by atoms with E-state index in [0.29, 0.717) is 5.41 Å². The van der Waals surface area contributed by atoms with Gasteiger partial charge in [-0.1, -0.05) is 6.42 Å². The van der Waals surface area contributed by atoms with Crippen molar-refractivity contribution in [1.82, 2.24) is 4.98 Å². The molecule has 3 heteroatoms. The van der Waals surface area contributed by atoms with E-state index in [2.05, 4.69) is 4.98 Å². The molecule has 0 saturated heterocycles. The molecule has 3 rings (SSSR count). The van der Waals surface area contributed by atoms with E-state index in [9.17, 15) is 0 Å². The first-order valence-electron chi connectivity index (χ1n) is 5.50. The Hall–Kier alpha value is -0.410. The molecule has 0 radical (unpaired) electrons. The number of hydrogen-bond acceptors (Lipinski definition) is 3. The summed E-state index contributed by atoms with van der Waals surface area (Å²) in [5.41, 5.74) is 9.66. The third-order valence-electron chi connectivity index (χ3n) is 3.74. The zero-order chi connectivity index (χ0) is 9.60. The largest absolute Gasteiger partial charge is 0.330 e. The number of nitrogens with two attached hydrogens (primary N) is 1. The Balaban J connectivity index is 1.97. The molecule has 0 aliphatic heterocycles. The second-order valence-corrected chi connectivity index (χ2v) is 5.53. The van der Waals surface area contributed by atoms with Gasteiger partial charge in [0.2, 0.25) is 0 Å². The van der Waals surface area contributed by atoms with E-state index in [4.69, 9.17) is 5.73 Å². The summed E-state index contributed by atoms with van der Waals surface area (Å²) in [5, 5.41) is 0. The Morgan fingerprint density at radius 2 is 2.29 bits per heavy atom. The normalized spacial score (nSPS) is 24.6. The van der Waals surface area contributed by atoms with Crippen LogP contribution in [0.5, 0.6) is 0 Å². The van der Waals surface area contributed by atoms with Gasteiger partial charge in [-0.15, -0.1) is 11.3 Å². The topological polar surface area (TPSA) is 38.9 Å². The lowest BCUT2D eigenvalue weighted by Crippen LogP contribution is -2.41. The van der Waals surface area contributed by atoms with Gasteiger partial charge in [0.25, 0.3) is 0 Å². The zero-order valence-electron chi connectivity index (χ0n) is 8.33. The summed E-state index contributed by atoms with van der Waals surface area (Å²) >= 11 is 1.83. The smallest absolute Gasteiger partial charge is 0.0798 e. The van der Waals surface area contributed by atoms with Crippen molar-refractivity contribution in [3.05, 3.63) is 16.1 Å². The van der Waals surface area contributed by atoms with Crippen molar-refractivity contribution < 1.29 is 0 Å². The van der Waals surface area contributed by atoms with Gasteiger partial charge in [0.05, 0.1) is 11.2 Å². The number of hydrogen-bond donors (Lipinski definition) is 1. The van der Waals surface area contributed by atoms with Crippen molar-refractivity contribution in [1.29, 1.82) is 0 Å². The molecule has 76 valence electrons. The predicted octanol–water partition coefficient (Wildman–Crippen LogP) is 2.40. The average molecular weight is 208 g/mol. The molecule has 2 aliphatic carbocycles. The molecule has 2 aliphatic rings. The summed E-state index contributed by atoms with van der Waals surface area (Å²) < 4.78 is 0. The standard InChI is InChI=1S/C11H16N2S/c12-6-11(4-1-5-11)10-9(8-2-3-8)13-7-14-10/h7-8H,1-6,12H2. The Morgan fingerprint density at radius 1 is 1.50 bits per heavy atom. The molecule has 2 nitrogen and oxygen atoms in total. The number of thiazole rings is 1. The Kier molecular flexibility index (Phi) is 1.92. The fraction of sp³-hybridized carbons (Fsp3) is 0.727. The molecule has 0 spiro atoms. The van der Waals surface area contributed by atoms with Crippen molar-refractivity contribution in [3.8, 4) is 0 Å². The van der Waals surface area contributed by atoms with Crippen LogP contribution in [0.1, 0.15) is 48.6 Å². The van der Waals surface area contributed by atoms with Crippen molar-refractivity contribution in [2.24, 2.45) is 5.73 Å². The number of nitrogens with zero attached hydrogens (tertiary/aromatic N) is 1. The number of rotatable bonds is 3. The van der Waals surface area contributed by atoms with Crippen LogP contribution in [0.25, 0.3) is 0 Å². The molecule has 0 unspecified atom stereocenters. The minimum atomic E-state index is 0.332. The third-order valence-corrected chi connectivity index (χ3v) is 4.83. The molecule has 1 heterocycles. The lowest BCUT2D eigenvalue weighted by atomic mass is 9.67. The average Bonchev–Trinajstić information content (AvgIpc) is 2.86. The van der Waals surface area contributed by atoms with Gasteiger partial charge >= 0.3 is 0 Å².